The van der Waals surface area contributed by atoms with Gasteiger partial charge in [0.25, 0.3) is 0 Å². The van der Waals surface area contributed by atoms with Gasteiger partial charge in [-0.1, -0.05) is 52.4 Å². The average molecular weight is 375 g/mol. The van der Waals surface area contributed by atoms with Gasteiger partial charge in [0, 0.05) is 12.2 Å². The Morgan fingerprint density at radius 3 is 2.91 bits per heavy atom. The Morgan fingerprint density at radius 2 is 2.18 bits per heavy atom. The molecular weight excluding hydrogens is 363 g/mol. The highest BCUT2D eigenvalue weighted by Gasteiger charge is 2.09. The highest BCUT2D eigenvalue weighted by atomic mass is 35.5. The van der Waals surface area contributed by atoms with Gasteiger partial charge in [0.1, 0.15) is 0 Å². The normalized spacial score (nSPS) is 10.3. The first-order valence-corrected chi connectivity index (χ1v) is 8.70. The molecule has 0 atom stereocenters. The average Bonchev–Trinajstić information content (AvgIpc) is 2.95. The summed E-state index contributed by atoms with van der Waals surface area (Å²) in [5.41, 5.74) is 0.602. The molecule has 0 spiro atoms. The van der Waals surface area contributed by atoms with Crippen LogP contribution in [0.1, 0.15) is 0 Å². The van der Waals surface area contributed by atoms with Crippen molar-refractivity contribution in [1.29, 1.82) is 0 Å². The summed E-state index contributed by atoms with van der Waals surface area (Å²) in [6.07, 6.45) is 1.74. The number of nitrogens with zero attached hydrogens (tertiary/aromatic N) is 2. The summed E-state index contributed by atoms with van der Waals surface area (Å²) in [5.74, 6) is 0.0789. The van der Waals surface area contributed by atoms with Crippen LogP contribution in [0.4, 0.5) is 10.8 Å². The van der Waals surface area contributed by atoms with Gasteiger partial charge in [-0.05, 0) is 18.2 Å². The number of hydrogen-bond acceptors (Lipinski definition) is 6. The maximum atomic E-state index is 11.9. The van der Waals surface area contributed by atoms with E-state index >= 15 is 0 Å². The Labute approximate surface area is 146 Å². The van der Waals surface area contributed by atoms with Crippen LogP contribution >= 0.6 is 46.3 Å². The van der Waals surface area contributed by atoms with Crippen molar-refractivity contribution in [2.24, 2.45) is 0 Å². The number of carbonyl (C=O) groups is 1. The Hall–Kier alpha value is -1.28. The Morgan fingerprint density at radius 1 is 1.36 bits per heavy atom. The van der Waals surface area contributed by atoms with E-state index in [2.05, 4.69) is 27.4 Å². The second-order valence-corrected chi connectivity index (χ2v) is 7.02. The maximum absolute atomic E-state index is 11.9. The van der Waals surface area contributed by atoms with Gasteiger partial charge in [0.05, 0.1) is 15.8 Å². The van der Waals surface area contributed by atoms with Gasteiger partial charge in [-0.2, -0.15) is 0 Å². The van der Waals surface area contributed by atoms with Gasteiger partial charge in [0.2, 0.25) is 11.0 Å². The third-order valence-electron chi connectivity index (χ3n) is 2.33. The van der Waals surface area contributed by atoms with Crippen LogP contribution < -0.4 is 10.6 Å². The summed E-state index contributed by atoms with van der Waals surface area (Å²) in [7, 11) is 0. The zero-order valence-electron chi connectivity index (χ0n) is 11.3. The smallest absolute Gasteiger partial charge is 0.234 e. The molecule has 1 amide bonds. The molecule has 9 heteroatoms. The number of rotatable bonds is 7. The molecule has 0 saturated carbocycles. The second-order valence-electron chi connectivity index (χ2n) is 4.01. The molecule has 2 N–H and O–H groups in total. The van der Waals surface area contributed by atoms with Crippen LogP contribution in [0.15, 0.2) is 35.2 Å². The van der Waals surface area contributed by atoms with Crippen molar-refractivity contribution >= 4 is 63.0 Å². The lowest BCUT2D eigenvalue weighted by Gasteiger charge is -2.05. The lowest BCUT2D eigenvalue weighted by atomic mass is 10.3. The molecule has 0 radical (unpaired) electrons. The minimum atomic E-state index is -0.154. The molecule has 0 bridgehead atoms. The number of hydrogen-bond donors (Lipinski definition) is 2. The summed E-state index contributed by atoms with van der Waals surface area (Å²) in [6.45, 7) is 4.23. The number of anilines is 2. The van der Waals surface area contributed by atoms with E-state index in [-0.39, 0.29) is 11.7 Å². The van der Waals surface area contributed by atoms with E-state index in [1.54, 1.807) is 24.3 Å². The predicted molar refractivity (Wildman–Crippen MR) is 94.4 cm³/mol. The van der Waals surface area contributed by atoms with Crippen LogP contribution in [0.2, 0.25) is 10.0 Å². The number of amides is 1. The fraction of sp³-hybridized carbons (Fsp3) is 0.154. The van der Waals surface area contributed by atoms with E-state index in [0.717, 1.165) is 4.34 Å². The van der Waals surface area contributed by atoms with E-state index in [0.29, 0.717) is 27.4 Å². The first kappa shape index (κ1) is 17.1. The number of aromatic nitrogens is 2. The molecule has 5 nitrogen and oxygen atoms in total. The molecule has 0 unspecified atom stereocenters. The van der Waals surface area contributed by atoms with Gasteiger partial charge in [-0.15, -0.1) is 16.8 Å². The van der Waals surface area contributed by atoms with Crippen LogP contribution in [0, 0.1) is 0 Å². The van der Waals surface area contributed by atoms with Crippen molar-refractivity contribution in [3.05, 3.63) is 40.9 Å². The summed E-state index contributed by atoms with van der Waals surface area (Å²) >= 11 is 14.4. The van der Waals surface area contributed by atoms with Gasteiger partial charge in [-0.3, -0.25) is 4.79 Å². The highest BCUT2D eigenvalue weighted by molar-refractivity contribution is 8.01. The fourth-order valence-corrected chi connectivity index (χ4v) is 3.25. The summed E-state index contributed by atoms with van der Waals surface area (Å²) < 4.78 is 0.718. The van der Waals surface area contributed by atoms with Gasteiger partial charge < -0.3 is 10.6 Å². The molecule has 0 fully saturated rings. The number of carbonyl (C=O) groups excluding carboxylic acids is 1. The molecule has 22 heavy (non-hydrogen) atoms. The fourth-order valence-electron chi connectivity index (χ4n) is 1.40. The quantitative estimate of drug-likeness (QED) is 0.562. The summed E-state index contributed by atoms with van der Waals surface area (Å²) in [4.78, 5) is 11.9. The minimum absolute atomic E-state index is 0.154. The molecule has 116 valence electrons. The third-order valence-corrected chi connectivity index (χ3v) is 5.09. The zero-order chi connectivity index (χ0) is 15.9. The molecule has 0 aliphatic rings. The number of benzene rings is 1. The van der Waals surface area contributed by atoms with Crippen LogP contribution in [0.25, 0.3) is 0 Å². The highest BCUT2D eigenvalue weighted by Crippen LogP contribution is 2.27. The molecule has 1 aromatic carbocycles. The van der Waals surface area contributed by atoms with E-state index in [9.17, 15) is 4.79 Å². The first-order chi connectivity index (χ1) is 10.6. The molecular formula is C13H12Cl2N4OS2. The summed E-state index contributed by atoms with van der Waals surface area (Å²) in [5, 5.41) is 15.3. The van der Waals surface area contributed by atoms with Gasteiger partial charge >= 0.3 is 0 Å². The first-order valence-electron chi connectivity index (χ1n) is 6.14. The van der Waals surface area contributed by atoms with Crippen molar-refractivity contribution in [1.82, 2.24) is 10.2 Å². The van der Waals surface area contributed by atoms with E-state index in [1.807, 2.05) is 0 Å². The molecule has 0 aliphatic carbocycles. The van der Waals surface area contributed by atoms with Crippen molar-refractivity contribution in [3.8, 4) is 0 Å². The molecule has 2 rings (SSSR count). The Balaban J connectivity index is 1.83. The second kappa shape index (κ2) is 8.38. The van der Waals surface area contributed by atoms with Crippen LogP contribution in [0.3, 0.4) is 0 Å². The van der Waals surface area contributed by atoms with Crippen LogP contribution in [-0.2, 0) is 4.79 Å². The minimum Gasteiger partial charge on any atom is -0.357 e. The lowest BCUT2D eigenvalue weighted by Crippen LogP contribution is -2.13. The molecule has 0 saturated heterocycles. The molecule has 1 heterocycles. The van der Waals surface area contributed by atoms with Crippen molar-refractivity contribution in [2.45, 2.75) is 4.34 Å². The molecule has 2 aromatic rings. The van der Waals surface area contributed by atoms with E-state index in [4.69, 9.17) is 23.2 Å². The van der Waals surface area contributed by atoms with Crippen LogP contribution in [-0.4, -0.2) is 28.4 Å². The third kappa shape index (κ3) is 5.17. The van der Waals surface area contributed by atoms with Crippen molar-refractivity contribution in [3.63, 3.8) is 0 Å². The molecule has 0 aliphatic heterocycles. The Kier molecular flexibility index (Phi) is 6.50. The lowest BCUT2D eigenvalue weighted by molar-refractivity contribution is -0.113. The number of halogens is 2. The number of nitrogens with one attached hydrogen (secondary N) is 2. The van der Waals surface area contributed by atoms with Crippen molar-refractivity contribution in [2.75, 3.05) is 22.9 Å². The Bertz CT molecular complexity index is 678. The SMILES string of the molecule is C=CCNc1nnc(SCC(=O)Nc2ccc(Cl)c(Cl)c2)s1. The monoisotopic (exact) mass is 374 g/mol. The molecule has 1 aromatic heterocycles. The summed E-state index contributed by atoms with van der Waals surface area (Å²) in [6, 6.07) is 4.93. The van der Waals surface area contributed by atoms with Gasteiger partial charge in [0.15, 0.2) is 4.34 Å². The van der Waals surface area contributed by atoms with E-state index < -0.39 is 0 Å². The maximum Gasteiger partial charge on any atom is 0.234 e. The van der Waals surface area contributed by atoms with Crippen molar-refractivity contribution < 1.29 is 4.79 Å². The zero-order valence-corrected chi connectivity index (χ0v) is 14.5. The topological polar surface area (TPSA) is 66.9 Å². The van der Waals surface area contributed by atoms with E-state index in [1.165, 1.54) is 23.1 Å². The standard InChI is InChI=1S/C13H12Cl2N4OS2/c1-2-5-16-12-18-19-13(22-12)21-7-11(20)17-8-3-4-9(14)10(15)6-8/h2-4,6H,1,5,7H2,(H,16,18)(H,17,20). The largest absolute Gasteiger partial charge is 0.357 e. The number of thioether (sulfide) groups is 1. The van der Waals surface area contributed by atoms with Crippen LogP contribution in [0.5, 0.6) is 0 Å². The predicted octanol–water partition coefficient (Wildman–Crippen LogP) is 4.17. The van der Waals surface area contributed by atoms with Gasteiger partial charge in [-0.25, -0.2) is 0 Å².